The fourth-order valence-corrected chi connectivity index (χ4v) is 5.14. The van der Waals surface area contributed by atoms with E-state index in [0.717, 1.165) is 44.7 Å². The molecule has 4 aromatic rings. The van der Waals surface area contributed by atoms with Crippen molar-refractivity contribution in [2.45, 2.75) is 44.8 Å². The number of hydrogen-bond donors (Lipinski definition) is 2. The van der Waals surface area contributed by atoms with Gasteiger partial charge in [0.1, 0.15) is 24.0 Å². The number of rotatable bonds is 8. The van der Waals surface area contributed by atoms with Gasteiger partial charge >= 0.3 is 12.1 Å². The standard InChI is InChI=1S/C34H33NO5/c1-34(2,3)40-25-10-8-9-24(20-25)23-17-15-22(16-18-23)19-31(32(36)37)35-33(38)39-21-30-28-13-6-4-11-26(28)27-12-5-7-14-29(27)30/h4-18,20,30-31H,19,21H2,1-3H3,(H,35,38)(H,36,37)/t31-/m1/s1. The minimum atomic E-state index is -1.12. The number of alkyl carbamates (subject to hydrolysis) is 1. The summed E-state index contributed by atoms with van der Waals surface area (Å²) >= 11 is 0. The maximum absolute atomic E-state index is 12.7. The van der Waals surface area contributed by atoms with E-state index in [1.165, 1.54) is 0 Å². The first-order valence-corrected chi connectivity index (χ1v) is 13.4. The van der Waals surface area contributed by atoms with E-state index < -0.39 is 18.1 Å². The van der Waals surface area contributed by atoms with Crippen molar-refractivity contribution in [1.29, 1.82) is 0 Å². The highest BCUT2D eigenvalue weighted by Crippen LogP contribution is 2.44. The van der Waals surface area contributed by atoms with Crippen LogP contribution in [0.4, 0.5) is 4.79 Å². The molecule has 1 aliphatic rings. The molecule has 0 radical (unpaired) electrons. The van der Waals surface area contributed by atoms with Crippen LogP contribution in [-0.2, 0) is 16.0 Å². The van der Waals surface area contributed by atoms with Gasteiger partial charge in [-0.15, -0.1) is 0 Å². The van der Waals surface area contributed by atoms with Gasteiger partial charge in [0.2, 0.25) is 0 Å². The Balaban J connectivity index is 1.21. The van der Waals surface area contributed by atoms with Gasteiger partial charge in [-0.3, -0.25) is 0 Å². The number of hydrogen-bond acceptors (Lipinski definition) is 4. The Bertz CT molecular complexity index is 1470. The number of ether oxygens (including phenoxy) is 2. The molecule has 4 aromatic carbocycles. The van der Waals surface area contributed by atoms with Crippen LogP contribution in [0, 0.1) is 0 Å². The molecule has 204 valence electrons. The third kappa shape index (κ3) is 6.18. The average Bonchev–Trinajstić information content (AvgIpc) is 3.25. The second-order valence-electron chi connectivity index (χ2n) is 11.0. The summed E-state index contributed by atoms with van der Waals surface area (Å²) in [5.74, 6) is -0.432. The lowest BCUT2D eigenvalue weighted by Crippen LogP contribution is -2.42. The van der Waals surface area contributed by atoms with Gasteiger partial charge in [0.15, 0.2) is 0 Å². The molecule has 0 saturated carbocycles. The first-order valence-electron chi connectivity index (χ1n) is 13.4. The number of benzene rings is 4. The maximum Gasteiger partial charge on any atom is 0.407 e. The SMILES string of the molecule is CC(C)(C)Oc1cccc(-c2ccc(C[C@@H](NC(=O)OCC3c4ccccc4-c4ccccc43)C(=O)O)cc2)c1. The van der Waals surface area contributed by atoms with Crippen molar-refractivity contribution in [2.75, 3.05) is 6.61 Å². The largest absolute Gasteiger partial charge is 0.488 e. The highest BCUT2D eigenvalue weighted by molar-refractivity contribution is 5.81. The molecule has 1 atom stereocenters. The Morgan fingerprint density at radius 2 is 1.45 bits per heavy atom. The van der Waals surface area contributed by atoms with Gasteiger partial charge < -0.3 is 19.9 Å². The lowest BCUT2D eigenvalue weighted by atomic mass is 9.98. The van der Waals surface area contributed by atoms with Crippen molar-refractivity contribution >= 4 is 12.1 Å². The van der Waals surface area contributed by atoms with Crippen LogP contribution in [0.15, 0.2) is 97.1 Å². The Morgan fingerprint density at radius 1 is 0.825 bits per heavy atom. The first-order chi connectivity index (χ1) is 19.2. The van der Waals surface area contributed by atoms with E-state index in [0.29, 0.717) is 0 Å². The number of carbonyl (C=O) groups excluding carboxylic acids is 1. The summed E-state index contributed by atoms with van der Waals surface area (Å²) in [7, 11) is 0. The fourth-order valence-electron chi connectivity index (χ4n) is 5.14. The van der Waals surface area contributed by atoms with E-state index in [4.69, 9.17) is 9.47 Å². The molecule has 0 heterocycles. The Morgan fingerprint density at radius 3 is 2.05 bits per heavy atom. The summed E-state index contributed by atoms with van der Waals surface area (Å²) in [5, 5.41) is 12.3. The smallest absolute Gasteiger partial charge is 0.407 e. The van der Waals surface area contributed by atoms with Crippen LogP contribution in [0.25, 0.3) is 22.3 Å². The maximum atomic E-state index is 12.7. The zero-order valence-electron chi connectivity index (χ0n) is 22.9. The van der Waals surface area contributed by atoms with E-state index in [1.54, 1.807) is 0 Å². The zero-order valence-corrected chi connectivity index (χ0v) is 22.9. The zero-order chi connectivity index (χ0) is 28.3. The Hall–Kier alpha value is -4.58. The summed E-state index contributed by atoms with van der Waals surface area (Å²) in [6.07, 6.45) is -0.617. The Kier molecular flexibility index (Phi) is 7.60. The van der Waals surface area contributed by atoms with Gasteiger partial charge in [-0.1, -0.05) is 84.9 Å². The van der Waals surface area contributed by atoms with Crippen molar-refractivity contribution in [3.8, 4) is 28.0 Å². The predicted octanol–water partition coefficient (Wildman–Crippen LogP) is 7.07. The lowest BCUT2D eigenvalue weighted by Gasteiger charge is -2.21. The van der Waals surface area contributed by atoms with Crippen LogP contribution in [0.1, 0.15) is 43.4 Å². The van der Waals surface area contributed by atoms with Crippen LogP contribution in [0.5, 0.6) is 5.75 Å². The van der Waals surface area contributed by atoms with Gasteiger partial charge in [-0.25, -0.2) is 9.59 Å². The number of carboxylic acid groups (broad SMARTS) is 1. The molecule has 6 nitrogen and oxygen atoms in total. The molecule has 40 heavy (non-hydrogen) atoms. The van der Waals surface area contributed by atoms with E-state index in [9.17, 15) is 14.7 Å². The third-order valence-electron chi connectivity index (χ3n) is 6.92. The third-order valence-corrected chi connectivity index (χ3v) is 6.92. The topological polar surface area (TPSA) is 84.9 Å². The van der Waals surface area contributed by atoms with Crippen LogP contribution in [-0.4, -0.2) is 35.4 Å². The van der Waals surface area contributed by atoms with Crippen molar-refractivity contribution < 1.29 is 24.2 Å². The minimum absolute atomic E-state index is 0.0960. The number of carbonyl (C=O) groups is 2. The first kappa shape index (κ1) is 27.0. The average molecular weight is 536 g/mol. The van der Waals surface area contributed by atoms with Crippen LogP contribution < -0.4 is 10.1 Å². The Labute approximate surface area is 234 Å². The number of nitrogens with one attached hydrogen (secondary N) is 1. The number of aliphatic carboxylic acids is 1. The van der Waals surface area contributed by atoms with Crippen LogP contribution >= 0.6 is 0 Å². The fraction of sp³-hybridized carbons (Fsp3) is 0.235. The summed E-state index contributed by atoms with van der Waals surface area (Å²) in [6, 6.07) is 30.5. The van der Waals surface area contributed by atoms with Crippen molar-refractivity contribution in [2.24, 2.45) is 0 Å². The molecule has 6 heteroatoms. The molecule has 0 saturated heterocycles. The molecule has 0 spiro atoms. The van der Waals surface area contributed by atoms with Gasteiger partial charge in [0.05, 0.1) is 0 Å². The van der Waals surface area contributed by atoms with E-state index in [1.807, 2.05) is 106 Å². The number of fused-ring (bicyclic) bond motifs is 3. The minimum Gasteiger partial charge on any atom is -0.488 e. The number of amides is 1. The summed E-state index contributed by atoms with van der Waals surface area (Å²) in [6.45, 7) is 6.14. The summed E-state index contributed by atoms with van der Waals surface area (Å²) in [4.78, 5) is 24.7. The normalized spacial score (nSPS) is 13.2. The second-order valence-corrected chi connectivity index (χ2v) is 11.0. The van der Waals surface area contributed by atoms with Gasteiger partial charge in [0.25, 0.3) is 0 Å². The van der Waals surface area contributed by atoms with E-state index >= 15 is 0 Å². The lowest BCUT2D eigenvalue weighted by molar-refractivity contribution is -0.139. The quantitative estimate of drug-likeness (QED) is 0.252. The molecule has 0 fully saturated rings. The molecule has 0 aliphatic heterocycles. The molecule has 1 aliphatic carbocycles. The molecule has 0 aromatic heterocycles. The molecule has 5 rings (SSSR count). The second kappa shape index (κ2) is 11.3. The predicted molar refractivity (Wildman–Crippen MR) is 156 cm³/mol. The molecular formula is C34H33NO5. The molecular weight excluding hydrogens is 502 g/mol. The monoisotopic (exact) mass is 535 g/mol. The van der Waals surface area contributed by atoms with E-state index in [-0.39, 0.29) is 24.5 Å². The molecule has 1 amide bonds. The number of carboxylic acids is 1. The van der Waals surface area contributed by atoms with Crippen molar-refractivity contribution in [3.63, 3.8) is 0 Å². The highest BCUT2D eigenvalue weighted by atomic mass is 16.5. The molecule has 0 bridgehead atoms. The van der Waals surface area contributed by atoms with Gasteiger partial charge in [-0.2, -0.15) is 0 Å². The molecule has 2 N–H and O–H groups in total. The highest BCUT2D eigenvalue weighted by Gasteiger charge is 2.29. The van der Waals surface area contributed by atoms with Crippen LogP contribution in [0.3, 0.4) is 0 Å². The van der Waals surface area contributed by atoms with Gasteiger partial charge in [0, 0.05) is 12.3 Å². The van der Waals surface area contributed by atoms with Crippen LogP contribution in [0.2, 0.25) is 0 Å². The summed E-state index contributed by atoms with van der Waals surface area (Å²) < 4.78 is 11.5. The van der Waals surface area contributed by atoms with Crippen molar-refractivity contribution in [1.82, 2.24) is 5.32 Å². The van der Waals surface area contributed by atoms with Gasteiger partial charge in [-0.05, 0) is 71.8 Å². The van der Waals surface area contributed by atoms with E-state index in [2.05, 4.69) is 17.4 Å². The van der Waals surface area contributed by atoms with Crippen molar-refractivity contribution in [3.05, 3.63) is 114 Å². The molecule has 0 unspecified atom stereocenters. The summed E-state index contributed by atoms with van der Waals surface area (Å²) in [5.41, 5.74) is 6.94.